The summed E-state index contributed by atoms with van der Waals surface area (Å²) in [6.45, 7) is 6.63. The van der Waals surface area contributed by atoms with Crippen LogP contribution >= 0.6 is 0 Å². The number of hydrogen-bond acceptors (Lipinski definition) is 2. The van der Waals surface area contributed by atoms with Crippen molar-refractivity contribution < 1.29 is 14.7 Å². The number of carbonyl (C=O) groups excluding carboxylic acids is 1. The number of carbonyl (C=O) groups is 2. The van der Waals surface area contributed by atoms with Gasteiger partial charge in [0.15, 0.2) is 0 Å². The molecule has 0 saturated carbocycles. The third kappa shape index (κ3) is 6.43. The average molecular weight is 291 g/mol. The Labute approximate surface area is 126 Å². The van der Waals surface area contributed by atoms with Crippen molar-refractivity contribution in [2.45, 2.75) is 46.0 Å². The van der Waals surface area contributed by atoms with E-state index < -0.39 is 5.97 Å². The zero-order valence-corrected chi connectivity index (χ0v) is 13.1. The van der Waals surface area contributed by atoms with Gasteiger partial charge >= 0.3 is 5.97 Å². The molecule has 0 radical (unpaired) electrons. The molecule has 21 heavy (non-hydrogen) atoms. The molecule has 0 spiro atoms. The zero-order chi connectivity index (χ0) is 15.8. The fourth-order valence-electron chi connectivity index (χ4n) is 2.17. The Hall–Kier alpha value is -1.84. The van der Waals surface area contributed by atoms with E-state index in [1.165, 1.54) is 5.56 Å². The van der Waals surface area contributed by atoms with Crippen molar-refractivity contribution in [1.82, 2.24) is 5.32 Å². The lowest BCUT2D eigenvalue weighted by atomic mass is 9.96. The smallest absolute Gasteiger partial charge is 0.303 e. The van der Waals surface area contributed by atoms with E-state index in [9.17, 15) is 9.59 Å². The van der Waals surface area contributed by atoms with Crippen LogP contribution in [0.15, 0.2) is 24.3 Å². The van der Waals surface area contributed by atoms with Gasteiger partial charge in [0.25, 0.3) is 0 Å². The minimum absolute atomic E-state index is 0.0583. The maximum Gasteiger partial charge on any atom is 0.303 e. The second-order valence-corrected chi connectivity index (χ2v) is 5.85. The molecule has 0 fully saturated rings. The van der Waals surface area contributed by atoms with Gasteiger partial charge in [-0.3, -0.25) is 9.59 Å². The lowest BCUT2D eigenvalue weighted by Gasteiger charge is -2.13. The molecule has 4 nitrogen and oxygen atoms in total. The van der Waals surface area contributed by atoms with Gasteiger partial charge in [-0.25, -0.2) is 0 Å². The van der Waals surface area contributed by atoms with Crippen molar-refractivity contribution in [1.29, 1.82) is 0 Å². The number of rotatable bonds is 8. The van der Waals surface area contributed by atoms with Gasteiger partial charge in [-0.05, 0) is 36.8 Å². The highest BCUT2D eigenvalue weighted by molar-refractivity contribution is 5.83. The van der Waals surface area contributed by atoms with Crippen LogP contribution < -0.4 is 5.32 Å². The maximum absolute atomic E-state index is 12.0. The molecular formula is C17H25NO3. The van der Waals surface area contributed by atoms with Crippen molar-refractivity contribution in [3.63, 3.8) is 0 Å². The van der Waals surface area contributed by atoms with Crippen LogP contribution in [0.1, 0.15) is 50.7 Å². The van der Waals surface area contributed by atoms with Crippen molar-refractivity contribution in [2.75, 3.05) is 6.54 Å². The molecule has 2 N–H and O–H groups in total. The van der Waals surface area contributed by atoms with Gasteiger partial charge in [0.1, 0.15) is 0 Å². The highest BCUT2D eigenvalue weighted by Crippen LogP contribution is 2.17. The number of amides is 1. The SMILES string of the molecule is CC(C)Cc1ccc([C@H](C)C(=O)NCCCC(=O)O)cc1. The molecule has 0 aliphatic heterocycles. The molecule has 0 saturated heterocycles. The van der Waals surface area contributed by atoms with E-state index >= 15 is 0 Å². The van der Waals surface area contributed by atoms with Crippen LogP contribution in [0.2, 0.25) is 0 Å². The summed E-state index contributed by atoms with van der Waals surface area (Å²) in [5.74, 6) is -0.497. The highest BCUT2D eigenvalue weighted by atomic mass is 16.4. The Bertz CT molecular complexity index is 465. The van der Waals surface area contributed by atoms with Gasteiger partial charge < -0.3 is 10.4 Å². The molecule has 0 heterocycles. The van der Waals surface area contributed by atoms with Crippen molar-refractivity contribution in [3.05, 3.63) is 35.4 Å². The first-order valence-electron chi connectivity index (χ1n) is 7.48. The fraction of sp³-hybridized carbons (Fsp3) is 0.529. The van der Waals surface area contributed by atoms with Crippen molar-refractivity contribution in [2.24, 2.45) is 5.92 Å². The molecule has 0 unspecified atom stereocenters. The molecule has 1 rings (SSSR count). The van der Waals surface area contributed by atoms with E-state index in [0.29, 0.717) is 18.9 Å². The van der Waals surface area contributed by atoms with Gasteiger partial charge in [0.05, 0.1) is 5.92 Å². The topological polar surface area (TPSA) is 66.4 Å². The lowest BCUT2D eigenvalue weighted by molar-refractivity contribution is -0.137. The Morgan fingerprint density at radius 2 is 1.76 bits per heavy atom. The van der Waals surface area contributed by atoms with E-state index in [1.807, 2.05) is 19.1 Å². The summed E-state index contributed by atoms with van der Waals surface area (Å²) in [4.78, 5) is 22.4. The van der Waals surface area contributed by atoms with E-state index in [2.05, 4.69) is 31.3 Å². The number of carboxylic acids is 1. The number of hydrogen-bond donors (Lipinski definition) is 2. The predicted octanol–water partition coefficient (Wildman–Crippen LogP) is 2.97. The molecule has 0 bridgehead atoms. The molecule has 0 aliphatic carbocycles. The molecule has 116 valence electrons. The quantitative estimate of drug-likeness (QED) is 0.724. The van der Waals surface area contributed by atoms with Crippen LogP contribution in [0.4, 0.5) is 0 Å². The summed E-state index contributed by atoms with van der Waals surface area (Å²) in [7, 11) is 0. The standard InChI is InChI=1S/C17H25NO3/c1-12(2)11-14-6-8-15(9-7-14)13(3)17(21)18-10-4-5-16(19)20/h6-9,12-13H,4-5,10-11H2,1-3H3,(H,18,21)(H,19,20)/t13-/m0/s1. The summed E-state index contributed by atoms with van der Waals surface area (Å²) in [6, 6.07) is 8.14. The van der Waals surface area contributed by atoms with Gasteiger partial charge in [-0.15, -0.1) is 0 Å². The second kappa shape index (κ2) is 8.45. The Kier molecular flexibility index (Phi) is 6.92. The number of carboxylic acid groups (broad SMARTS) is 1. The van der Waals surface area contributed by atoms with E-state index in [-0.39, 0.29) is 18.2 Å². The Morgan fingerprint density at radius 1 is 1.14 bits per heavy atom. The minimum Gasteiger partial charge on any atom is -0.481 e. The van der Waals surface area contributed by atoms with Crippen LogP contribution in [0.5, 0.6) is 0 Å². The van der Waals surface area contributed by atoms with Crippen LogP contribution in [0.3, 0.4) is 0 Å². The molecule has 0 aromatic heterocycles. The largest absolute Gasteiger partial charge is 0.481 e. The van der Waals surface area contributed by atoms with E-state index in [0.717, 1.165) is 12.0 Å². The fourth-order valence-corrected chi connectivity index (χ4v) is 2.17. The van der Waals surface area contributed by atoms with E-state index in [1.54, 1.807) is 0 Å². The van der Waals surface area contributed by atoms with Crippen molar-refractivity contribution >= 4 is 11.9 Å². The molecular weight excluding hydrogens is 266 g/mol. The van der Waals surface area contributed by atoms with E-state index in [4.69, 9.17) is 5.11 Å². The first kappa shape index (κ1) is 17.2. The first-order valence-corrected chi connectivity index (χ1v) is 7.48. The summed E-state index contributed by atoms with van der Waals surface area (Å²) in [6.07, 6.45) is 1.58. The van der Waals surface area contributed by atoms with Gasteiger partial charge in [0, 0.05) is 13.0 Å². The summed E-state index contributed by atoms with van der Waals surface area (Å²) < 4.78 is 0. The van der Waals surface area contributed by atoms with Crippen LogP contribution in [0, 0.1) is 5.92 Å². The minimum atomic E-state index is -0.835. The lowest BCUT2D eigenvalue weighted by Crippen LogP contribution is -2.29. The number of aliphatic carboxylic acids is 1. The third-order valence-electron chi connectivity index (χ3n) is 3.38. The summed E-state index contributed by atoms with van der Waals surface area (Å²) in [5.41, 5.74) is 2.26. The van der Waals surface area contributed by atoms with Gasteiger partial charge in [0.2, 0.25) is 5.91 Å². The number of nitrogens with one attached hydrogen (secondary N) is 1. The highest BCUT2D eigenvalue weighted by Gasteiger charge is 2.14. The van der Waals surface area contributed by atoms with Gasteiger partial charge in [-0.1, -0.05) is 38.1 Å². The van der Waals surface area contributed by atoms with Crippen molar-refractivity contribution in [3.8, 4) is 0 Å². The molecule has 1 amide bonds. The van der Waals surface area contributed by atoms with Crippen LogP contribution in [0.25, 0.3) is 0 Å². The molecule has 4 heteroatoms. The average Bonchev–Trinajstić information content (AvgIpc) is 2.42. The van der Waals surface area contributed by atoms with Crippen LogP contribution in [-0.2, 0) is 16.0 Å². The summed E-state index contributed by atoms with van der Waals surface area (Å²) in [5, 5.41) is 11.3. The Balaban J connectivity index is 2.48. The normalized spacial score (nSPS) is 12.2. The molecule has 1 aromatic rings. The molecule has 0 aliphatic rings. The zero-order valence-electron chi connectivity index (χ0n) is 13.1. The second-order valence-electron chi connectivity index (χ2n) is 5.85. The molecule has 1 atom stereocenters. The maximum atomic E-state index is 12.0. The van der Waals surface area contributed by atoms with Crippen LogP contribution in [-0.4, -0.2) is 23.5 Å². The van der Waals surface area contributed by atoms with Gasteiger partial charge in [-0.2, -0.15) is 0 Å². The number of benzene rings is 1. The first-order chi connectivity index (χ1) is 9.90. The summed E-state index contributed by atoms with van der Waals surface area (Å²) >= 11 is 0. The predicted molar refractivity (Wildman–Crippen MR) is 83.3 cm³/mol. The monoisotopic (exact) mass is 291 g/mol. The third-order valence-corrected chi connectivity index (χ3v) is 3.38. The Morgan fingerprint density at radius 3 is 2.29 bits per heavy atom. The molecule has 1 aromatic carbocycles.